The first-order valence-electron chi connectivity index (χ1n) is 7.29. The maximum atomic E-state index is 12.7. The van der Waals surface area contributed by atoms with Crippen LogP contribution in [0.4, 0.5) is 0 Å². The van der Waals surface area contributed by atoms with E-state index < -0.39 is 17.5 Å². The number of carboxylic acid groups (broad SMARTS) is 1. The number of ether oxygens (including phenoxy) is 1. The number of aliphatic carboxylic acids is 1. The Balaban J connectivity index is 2.17. The number of hydrogen-bond donors (Lipinski definition) is 2. The van der Waals surface area contributed by atoms with E-state index in [1.54, 1.807) is 6.07 Å². The molecule has 0 radical (unpaired) electrons. The Morgan fingerprint density at radius 2 is 2.09 bits per heavy atom. The van der Waals surface area contributed by atoms with Crippen molar-refractivity contribution in [3.05, 3.63) is 34.9 Å². The molecule has 0 spiro atoms. The van der Waals surface area contributed by atoms with Crippen LogP contribution in [0.2, 0.25) is 5.02 Å². The van der Waals surface area contributed by atoms with Crippen LogP contribution in [-0.2, 0) is 19.7 Å². The van der Waals surface area contributed by atoms with Crippen LogP contribution in [-0.4, -0.2) is 36.7 Å². The van der Waals surface area contributed by atoms with E-state index in [1.807, 2.05) is 18.2 Å². The van der Waals surface area contributed by atoms with Crippen LogP contribution in [0.3, 0.4) is 0 Å². The third-order valence-electron chi connectivity index (χ3n) is 4.28. The average molecular weight is 326 g/mol. The Hall–Kier alpha value is -1.59. The maximum absolute atomic E-state index is 12.7. The van der Waals surface area contributed by atoms with Gasteiger partial charge in [0.1, 0.15) is 0 Å². The van der Waals surface area contributed by atoms with E-state index in [-0.39, 0.29) is 12.5 Å². The van der Waals surface area contributed by atoms with Gasteiger partial charge in [0.25, 0.3) is 0 Å². The van der Waals surface area contributed by atoms with E-state index in [0.717, 1.165) is 31.2 Å². The molecule has 0 bridgehead atoms. The van der Waals surface area contributed by atoms with Gasteiger partial charge in [0, 0.05) is 12.1 Å². The Labute approximate surface area is 134 Å². The summed E-state index contributed by atoms with van der Waals surface area (Å²) < 4.78 is 4.85. The summed E-state index contributed by atoms with van der Waals surface area (Å²) in [5.74, 6) is -1.25. The van der Waals surface area contributed by atoms with E-state index in [2.05, 4.69) is 5.32 Å². The molecule has 1 aromatic carbocycles. The lowest BCUT2D eigenvalue weighted by atomic mass is 9.78. The summed E-state index contributed by atoms with van der Waals surface area (Å²) in [6.45, 7) is -0.0486. The average Bonchev–Trinajstić information content (AvgIpc) is 2.98. The number of halogens is 1. The molecule has 1 amide bonds. The molecule has 22 heavy (non-hydrogen) atoms. The third kappa shape index (κ3) is 3.42. The molecule has 2 N–H and O–H groups in total. The van der Waals surface area contributed by atoms with E-state index in [0.29, 0.717) is 5.02 Å². The van der Waals surface area contributed by atoms with Crippen molar-refractivity contribution in [1.82, 2.24) is 5.32 Å². The van der Waals surface area contributed by atoms with Crippen LogP contribution < -0.4 is 5.32 Å². The number of carbonyl (C=O) groups is 2. The molecule has 0 aromatic heterocycles. The van der Waals surface area contributed by atoms with Crippen LogP contribution in [0, 0.1) is 0 Å². The molecule has 2 rings (SSSR count). The highest BCUT2D eigenvalue weighted by molar-refractivity contribution is 6.30. The van der Waals surface area contributed by atoms with Crippen molar-refractivity contribution in [1.29, 1.82) is 0 Å². The minimum atomic E-state index is -1.09. The van der Waals surface area contributed by atoms with Gasteiger partial charge in [-0.1, -0.05) is 36.6 Å². The zero-order chi connectivity index (χ0) is 16.2. The number of hydrogen-bond acceptors (Lipinski definition) is 3. The topological polar surface area (TPSA) is 75.6 Å². The molecule has 1 unspecified atom stereocenters. The second-order valence-electron chi connectivity index (χ2n) is 5.57. The lowest BCUT2D eigenvalue weighted by molar-refractivity contribution is -0.148. The summed E-state index contributed by atoms with van der Waals surface area (Å²) in [7, 11) is 1.31. The highest BCUT2D eigenvalue weighted by Crippen LogP contribution is 2.42. The molecule has 1 aromatic rings. The van der Waals surface area contributed by atoms with Crippen LogP contribution in [0.25, 0.3) is 0 Å². The largest absolute Gasteiger partial charge is 0.479 e. The second-order valence-corrected chi connectivity index (χ2v) is 6.01. The summed E-state index contributed by atoms with van der Waals surface area (Å²) in [6, 6.07) is 7.33. The van der Waals surface area contributed by atoms with E-state index in [4.69, 9.17) is 21.4 Å². The first-order valence-corrected chi connectivity index (χ1v) is 7.67. The van der Waals surface area contributed by atoms with Crippen molar-refractivity contribution in [3.63, 3.8) is 0 Å². The minimum absolute atomic E-state index is 0.0486. The lowest BCUT2D eigenvalue weighted by Gasteiger charge is -2.29. The smallest absolute Gasteiger partial charge is 0.334 e. The first kappa shape index (κ1) is 16.8. The zero-order valence-corrected chi connectivity index (χ0v) is 13.2. The fourth-order valence-corrected chi connectivity index (χ4v) is 3.23. The number of methoxy groups -OCH3 is 1. The van der Waals surface area contributed by atoms with Crippen LogP contribution >= 0.6 is 11.6 Å². The normalized spacial score (nSPS) is 17.9. The Kier molecular flexibility index (Phi) is 5.42. The van der Waals surface area contributed by atoms with Gasteiger partial charge in [-0.05, 0) is 30.5 Å². The van der Waals surface area contributed by atoms with Crippen molar-refractivity contribution in [2.24, 2.45) is 0 Å². The number of carboxylic acids is 1. The first-order chi connectivity index (χ1) is 10.5. The van der Waals surface area contributed by atoms with Crippen LogP contribution in [0.5, 0.6) is 0 Å². The zero-order valence-electron chi connectivity index (χ0n) is 12.5. The molecule has 1 aliphatic carbocycles. The fraction of sp³-hybridized carbons (Fsp3) is 0.500. The number of nitrogens with one attached hydrogen (secondary N) is 1. The van der Waals surface area contributed by atoms with Gasteiger partial charge in [0.2, 0.25) is 5.91 Å². The molecule has 0 saturated heterocycles. The standard InChI is InChI=1S/C16H20ClNO4/c1-22-13(14(19)20)10-18-15(21)16(7-2-3-8-16)11-5-4-6-12(17)9-11/h4-6,9,13H,2-3,7-8,10H2,1H3,(H,18,21)(H,19,20). The van der Waals surface area contributed by atoms with Crippen molar-refractivity contribution >= 4 is 23.5 Å². The highest BCUT2D eigenvalue weighted by atomic mass is 35.5. The van der Waals surface area contributed by atoms with Gasteiger partial charge in [0.05, 0.1) is 12.0 Å². The predicted octanol–water partition coefficient (Wildman–Crippen LogP) is 2.37. The number of carbonyl (C=O) groups excluding carboxylic acids is 1. The molecule has 120 valence electrons. The van der Waals surface area contributed by atoms with Crippen LogP contribution in [0.15, 0.2) is 24.3 Å². The third-order valence-corrected chi connectivity index (χ3v) is 4.51. The molecule has 0 aliphatic heterocycles. The van der Waals surface area contributed by atoms with Gasteiger partial charge in [-0.25, -0.2) is 4.79 Å². The van der Waals surface area contributed by atoms with Crippen molar-refractivity contribution < 1.29 is 19.4 Å². The number of benzene rings is 1. The van der Waals surface area contributed by atoms with Crippen LogP contribution in [0.1, 0.15) is 31.2 Å². The maximum Gasteiger partial charge on any atom is 0.334 e. The summed E-state index contributed by atoms with van der Waals surface area (Å²) in [4.78, 5) is 23.7. The quantitative estimate of drug-likeness (QED) is 0.842. The SMILES string of the molecule is COC(CNC(=O)C1(c2cccc(Cl)c2)CCCC1)C(=O)O. The van der Waals surface area contributed by atoms with E-state index >= 15 is 0 Å². The van der Waals surface area contributed by atoms with Gasteiger partial charge in [0.15, 0.2) is 6.10 Å². The van der Waals surface area contributed by atoms with E-state index in [1.165, 1.54) is 7.11 Å². The fourth-order valence-electron chi connectivity index (χ4n) is 3.04. The summed E-state index contributed by atoms with van der Waals surface area (Å²) in [5.41, 5.74) is 0.265. The van der Waals surface area contributed by atoms with Gasteiger partial charge >= 0.3 is 5.97 Å². The minimum Gasteiger partial charge on any atom is -0.479 e. The Bertz CT molecular complexity index is 555. The van der Waals surface area contributed by atoms with Gasteiger partial charge in [-0.2, -0.15) is 0 Å². The van der Waals surface area contributed by atoms with E-state index in [9.17, 15) is 9.59 Å². The predicted molar refractivity (Wildman–Crippen MR) is 83.0 cm³/mol. The Morgan fingerprint density at radius 3 is 2.64 bits per heavy atom. The second kappa shape index (κ2) is 7.11. The Morgan fingerprint density at radius 1 is 1.41 bits per heavy atom. The van der Waals surface area contributed by atoms with Gasteiger partial charge in [-0.3, -0.25) is 4.79 Å². The van der Waals surface area contributed by atoms with Crippen molar-refractivity contribution in [2.75, 3.05) is 13.7 Å². The summed E-state index contributed by atoms with van der Waals surface area (Å²) in [5, 5.41) is 12.3. The lowest BCUT2D eigenvalue weighted by Crippen LogP contribution is -2.46. The number of amides is 1. The summed E-state index contributed by atoms with van der Waals surface area (Å²) >= 11 is 6.05. The molecule has 1 fully saturated rings. The molecule has 1 aliphatic rings. The van der Waals surface area contributed by atoms with Gasteiger partial charge in [-0.15, -0.1) is 0 Å². The molecular formula is C16H20ClNO4. The van der Waals surface area contributed by atoms with Gasteiger partial charge < -0.3 is 15.2 Å². The summed E-state index contributed by atoms with van der Waals surface area (Å²) in [6.07, 6.45) is 2.37. The molecule has 1 saturated carbocycles. The number of rotatable bonds is 6. The monoisotopic (exact) mass is 325 g/mol. The molecule has 6 heteroatoms. The van der Waals surface area contributed by atoms with Crippen molar-refractivity contribution in [2.45, 2.75) is 37.2 Å². The molecule has 5 nitrogen and oxygen atoms in total. The molecular weight excluding hydrogens is 306 g/mol. The molecule has 1 atom stereocenters. The highest BCUT2D eigenvalue weighted by Gasteiger charge is 2.42. The molecule has 0 heterocycles. The van der Waals surface area contributed by atoms with Crippen molar-refractivity contribution in [3.8, 4) is 0 Å².